The monoisotopic (exact) mass is 236 g/mol. The summed E-state index contributed by atoms with van der Waals surface area (Å²) in [5, 5.41) is 0. The predicted molar refractivity (Wildman–Crippen MR) is 80.2 cm³/mol. The second-order valence-corrected chi connectivity index (χ2v) is 4.77. The van der Waals surface area contributed by atoms with Crippen LogP contribution in [0.2, 0.25) is 0 Å². The normalized spacial score (nSPS) is 23.8. The lowest BCUT2D eigenvalue weighted by Crippen LogP contribution is -2.17. The molecule has 0 nitrogen and oxygen atoms in total. The first-order chi connectivity index (χ1) is 8.77. The highest BCUT2D eigenvalue weighted by Crippen LogP contribution is 2.38. The molecule has 1 aliphatic carbocycles. The summed E-state index contributed by atoms with van der Waals surface area (Å²) in [5.74, 6) is 0. The maximum Gasteiger partial charge on any atom is 0.0309 e. The molecule has 2 rings (SSSR count). The zero-order valence-electron chi connectivity index (χ0n) is 11.1. The van der Waals surface area contributed by atoms with Crippen LogP contribution in [0.4, 0.5) is 0 Å². The van der Waals surface area contributed by atoms with E-state index in [0.29, 0.717) is 0 Å². The highest BCUT2D eigenvalue weighted by atomic mass is 14.3. The Kier molecular flexibility index (Phi) is 3.99. The SMILES string of the molecule is CC=CC1(C(C)=Cc2ccccc2)C=CC=CC1. The van der Waals surface area contributed by atoms with Gasteiger partial charge in [0.25, 0.3) is 0 Å². The van der Waals surface area contributed by atoms with Crippen LogP contribution >= 0.6 is 0 Å². The van der Waals surface area contributed by atoms with Crippen molar-refractivity contribution >= 4 is 6.08 Å². The molecule has 18 heavy (non-hydrogen) atoms. The molecular weight excluding hydrogens is 216 g/mol. The third-order valence-corrected chi connectivity index (χ3v) is 3.48. The fourth-order valence-corrected chi connectivity index (χ4v) is 2.42. The summed E-state index contributed by atoms with van der Waals surface area (Å²) < 4.78 is 0. The predicted octanol–water partition coefficient (Wildman–Crippen LogP) is 5.17. The van der Waals surface area contributed by atoms with Crippen molar-refractivity contribution in [3.05, 3.63) is 77.9 Å². The van der Waals surface area contributed by atoms with Crippen LogP contribution in [0.1, 0.15) is 25.8 Å². The van der Waals surface area contributed by atoms with E-state index in [-0.39, 0.29) is 5.41 Å². The van der Waals surface area contributed by atoms with Crippen LogP contribution in [0.25, 0.3) is 6.08 Å². The van der Waals surface area contributed by atoms with Crippen molar-refractivity contribution in [2.45, 2.75) is 20.3 Å². The maximum atomic E-state index is 2.29. The molecule has 0 saturated heterocycles. The molecule has 0 radical (unpaired) electrons. The molecule has 0 amide bonds. The van der Waals surface area contributed by atoms with Crippen LogP contribution in [0.3, 0.4) is 0 Å². The van der Waals surface area contributed by atoms with E-state index in [1.165, 1.54) is 11.1 Å². The fourth-order valence-electron chi connectivity index (χ4n) is 2.42. The Morgan fingerprint density at radius 2 is 1.94 bits per heavy atom. The highest BCUT2D eigenvalue weighted by Gasteiger charge is 2.25. The van der Waals surface area contributed by atoms with Gasteiger partial charge in [0.1, 0.15) is 0 Å². The highest BCUT2D eigenvalue weighted by molar-refractivity contribution is 5.56. The molecule has 0 fully saturated rings. The van der Waals surface area contributed by atoms with Crippen LogP contribution in [-0.4, -0.2) is 0 Å². The number of allylic oxidation sites excluding steroid dienone is 7. The number of rotatable bonds is 3. The zero-order chi connectivity index (χ0) is 12.8. The van der Waals surface area contributed by atoms with E-state index < -0.39 is 0 Å². The van der Waals surface area contributed by atoms with Gasteiger partial charge in [-0.25, -0.2) is 0 Å². The third-order valence-electron chi connectivity index (χ3n) is 3.48. The second-order valence-electron chi connectivity index (χ2n) is 4.77. The van der Waals surface area contributed by atoms with Gasteiger partial charge >= 0.3 is 0 Å². The molecule has 1 aromatic carbocycles. The first-order valence-corrected chi connectivity index (χ1v) is 6.49. The molecule has 1 aromatic rings. The Balaban J connectivity index is 2.35. The van der Waals surface area contributed by atoms with E-state index in [1.807, 2.05) is 0 Å². The first kappa shape index (κ1) is 12.6. The standard InChI is InChI=1S/C18H20/c1-3-12-18(13-8-5-9-14-18)16(2)15-17-10-6-4-7-11-17/h3-13,15H,14H2,1-2H3. The largest absolute Gasteiger partial charge is 0.0905 e. The van der Waals surface area contributed by atoms with Gasteiger partial charge in [0.15, 0.2) is 0 Å². The molecule has 1 unspecified atom stereocenters. The van der Waals surface area contributed by atoms with E-state index in [2.05, 4.69) is 86.7 Å². The van der Waals surface area contributed by atoms with Gasteiger partial charge in [-0.1, -0.05) is 78.4 Å². The average molecular weight is 236 g/mol. The average Bonchev–Trinajstić information content (AvgIpc) is 2.41. The van der Waals surface area contributed by atoms with Crippen LogP contribution in [0.5, 0.6) is 0 Å². The first-order valence-electron chi connectivity index (χ1n) is 6.49. The van der Waals surface area contributed by atoms with E-state index in [4.69, 9.17) is 0 Å². The van der Waals surface area contributed by atoms with Crippen LogP contribution in [0, 0.1) is 5.41 Å². The Bertz CT molecular complexity index is 500. The van der Waals surface area contributed by atoms with Crippen LogP contribution in [0.15, 0.2) is 72.4 Å². The lowest BCUT2D eigenvalue weighted by molar-refractivity contribution is 0.594. The minimum Gasteiger partial charge on any atom is -0.0905 e. The summed E-state index contributed by atoms with van der Waals surface area (Å²) in [7, 11) is 0. The lowest BCUT2D eigenvalue weighted by atomic mass is 9.75. The second kappa shape index (κ2) is 5.68. The van der Waals surface area contributed by atoms with Gasteiger partial charge in [-0.15, -0.1) is 0 Å². The maximum absolute atomic E-state index is 2.29. The van der Waals surface area contributed by atoms with Gasteiger partial charge in [-0.2, -0.15) is 0 Å². The van der Waals surface area contributed by atoms with E-state index in [1.54, 1.807) is 0 Å². The van der Waals surface area contributed by atoms with Gasteiger partial charge in [-0.05, 0) is 25.8 Å². The van der Waals surface area contributed by atoms with E-state index >= 15 is 0 Å². The van der Waals surface area contributed by atoms with E-state index in [0.717, 1.165) is 6.42 Å². The van der Waals surface area contributed by atoms with Gasteiger partial charge in [0.2, 0.25) is 0 Å². The van der Waals surface area contributed by atoms with Gasteiger partial charge in [0, 0.05) is 5.41 Å². The molecule has 1 atom stereocenters. The van der Waals surface area contributed by atoms with Gasteiger partial charge < -0.3 is 0 Å². The van der Waals surface area contributed by atoms with Crippen molar-refractivity contribution in [2.24, 2.45) is 5.41 Å². The summed E-state index contributed by atoms with van der Waals surface area (Å²) in [4.78, 5) is 0. The number of hydrogen-bond acceptors (Lipinski definition) is 0. The Morgan fingerprint density at radius 1 is 1.17 bits per heavy atom. The van der Waals surface area contributed by atoms with Crippen molar-refractivity contribution in [1.82, 2.24) is 0 Å². The smallest absolute Gasteiger partial charge is 0.0309 e. The third kappa shape index (κ3) is 2.70. The minimum atomic E-state index is 0.0549. The Hall–Kier alpha value is -1.82. The van der Waals surface area contributed by atoms with Crippen molar-refractivity contribution < 1.29 is 0 Å². The summed E-state index contributed by atoms with van der Waals surface area (Å²) in [6, 6.07) is 10.5. The molecule has 0 aromatic heterocycles. The Morgan fingerprint density at radius 3 is 2.56 bits per heavy atom. The molecule has 0 spiro atoms. The van der Waals surface area contributed by atoms with E-state index in [9.17, 15) is 0 Å². The molecule has 0 saturated carbocycles. The summed E-state index contributed by atoms with van der Waals surface area (Å²) in [6.45, 7) is 4.31. The topological polar surface area (TPSA) is 0 Å². The van der Waals surface area contributed by atoms with Crippen molar-refractivity contribution in [3.63, 3.8) is 0 Å². The molecule has 92 valence electrons. The summed E-state index contributed by atoms with van der Waals surface area (Å²) >= 11 is 0. The molecule has 0 heterocycles. The lowest BCUT2D eigenvalue weighted by Gasteiger charge is -2.29. The molecule has 1 aliphatic rings. The zero-order valence-corrected chi connectivity index (χ0v) is 11.1. The van der Waals surface area contributed by atoms with Gasteiger partial charge in [0.05, 0.1) is 0 Å². The van der Waals surface area contributed by atoms with Crippen LogP contribution < -0.4 is 0 Å². The summed E-state index contributed by atoms with van der Waals surface area (Å²) in [5.41, 5.74) is 2.70. The molecule has 0 aliphatic heterocycles. The molecule has 0 bridgehead atoms. The van der Waals surface area contributed by atoms with Crippen LogP contribution in [-0.2, 0) is 0 Å². The van der Waals surface area contributed by atoms with Crippen molar-refractivity contribution in [2.75, 3.05) is 0 Å². The minimum absolute atomic E-state index is 0.0549. The molecular formula is C18H20. The molecule has 0 N–H and O–H groups in total. The molecule has 0 heteroatoms. The number of hydrogen-bond donors (Lipinski definition) is 0. The Labute approximate surface area is 110 Å². The van der Waals surface area contributed by atoms with Gasteiger partial charge in [-0.3, -0.25) is 0 Å². The summed E-state index contributed by atoms with van der Waals surface area (Å²) in [6.07, 6.45) is 16.6. The fraction of sp³-hybridized carbons (Fsp3) is 0.222. The van der Waals surface area contributed by atoms with Crippen molar-refractivity contribution in [1.29, 1.82) is 0 Å². The van der Waals surface area contributed by atoms with Crippen molar-refractivity contribution in [3.8, 4) is 0 Å². The number of benzene rings is 1. The quantitative estimate of drug-likeness (QED) is 0.635.